The molecular formula is C21H28N3O3+. The zero-order chi connectivity index (χ0) is 19.6. The van der Waals surface area contributed by atoms with Crippen molar-refractivity contribution in [2.24, 2.45) is 0 Å². The summed E-state index contributed by atoms with van der Waals surface area (Å²) in [6.07, 6.45) is 0. The largest absolute Gasteiger partial charge is 0.457 e. The molecule has 0 aliphatic carbocycles. The molecule has 0 bridgehead atoms. The van der Waals surface area contributed by atoms with Crippen molar-refractivity contribution in [3.8, 4) is 11.5 Å². The fourth-order valence-corrected chi connectivity index (χ4v) is 2.58. The van der Waals surface area contributed by atoms with Crippen molar-refractivity contribution in [3.05, 3.63) is 54.1 Å². The second-order valence-corrected chi connectivity index (χ2v) is 6.40. The van der Waals surface area contributed by atoms with Gasteiger partial charge in [-0.3, -0.25) is 9.59 Å². The first kappa shape index (κ1) is 20.5. The number of carbonyl (C=O) groups excluding carboxylic acids is 2. The smallest absolute Gasteiger partial charge is 0.279 e. The van der Waals surface area contributed by atoms with Gasteiger partial charge in [-0.2, -0.15) is 0 Å². The van der Waals surface area contributed by atoms with Gasteiger partial charge >= 0.3 is 0 Å². The molecule has 0 aliphatic rings. The quantitative estimate of drug-likeness (QED) is 0.630. The summed E-state index contributed by atoms with van der Waals surface area (Å²) in [6, 6.07) is 15.1. The van der Waals surface area contributed by atoms with Gasteiger partial charge in [0.15, 0.2) is 13.1 Å². The van der Waals surface area contributed by atoms with Gasteiger partial charge in [-0.05, 0) is 57.2 Å². The van der Waals surface area contributed by atoms with Crippen molar-refractivity contribution in [2.45, 2.75) is 20.8 Å². The Kier molecular flexibility index (Phi) is 7.82. The zero-order valence-electron chi connectivity index (χ0n) is 16.2. The molecule has 2 aromatic carbocycles. The Balaban J connectivity index is 1.86. The number of carbonyl (C=O) groups is 2. The van der Waals surface area contributed by atoms with E-state index in [0.717, 1.165) is 10.6 Å². The maximum absolute atomic E-state index is 12.2. The summed E-state index contributed by atoms with van der Waals surface area (Å²) >= 11 is 0. The Morgan fingerprint density at radius 3 is 2.00 bits per heavy atom. The normalized spacial score (nSPS) is 11.5. The summed E-state index contributed by atoms with van der Waals surface area (Å²) < 4.78 is 5.78. The maximum atomic E-state index is 12.2. The Morgan fingerprint density at radius 2 is 1.44 bits per heavy atom. The molecule has 1 unspecified atom stereocenters. The van der Waals surface area contributed by atoms with Gasteiger partial charge in [0.2, 0.25) is 0 Å². The van der Waals surface area contributed by atoms with Crippen LogP contribution in [-0.4, -0.2) is 38.0 Å². The van der Waals surface area contributed by atoms with Crippen LogP contribution in [0.1, 0.15) is 19.4 Å². The SMILES string of the molecule is CCNC(=O)C[NH+](CC)CC(=O)Nc1ccc(Oc2ccc(C)cc2)cc1. The number of anilines is 1. The maximum Gasteiger partial charge on any atom is 0.279 e. The Morgan fingerprint density at radius 1 is 0.889 bits per heavy atom. The molecule has 6 nitrogen and oxygen atoms in total. The summed E-state index contributed by atoms with van der Waals surface area (Å²) in [5.41, 5.74) is 1.88. The van der Waals surface area contributed by atoms with Crippen LogP contribution in [0.25, 0.3) is 0 Å². The molecule has 2 rings (SSSR count). The van der Waals surface area contributed by atoms with Gasteiger partial charge in [-0.15, -0.1) is 0 Å². The van der Waals surface area contributed by atoms with Crippen molar-refractivity contribution in [1.82, 2.24) is 5.32 Å². The monoisotopic (exact) mass is 370 g/mol. The minimum Gasteiger partial charge on any atom is -0.457 e. The second kappa shape index (κ2) is 10.3. The Hall–Kier alpha value is -2.86. The van der Waals surface area contributed by atoms with Crippen LogP contribution >= 0.6 is 0 Å². The minimum atomic E-state index is -0.122. The number of quaternary nitrogens is 1. The number of hydrogen-bond acceptors (Lipinski definition) is 3. The summed E-state index contributed by atoms with van der Waals surface area (Å²) in [5.74, 6) is 1.31. The molecule has 0 spiro atoms. The van der Waals surface area contributed by atoms with E-state index in [9.17, 15) is 9.59 Å². The average molecular weight is 370 g/mol. The number of hydrogen-bond donors (Lipinski definition) is 3. The van der Waals surface area contributed by atoms with E-state index in [1.165, 1.54) is 5.56 Å². The van der Waals surface area contributed by atoms with Gasteiger partial charge in [-0.1, -0.05) is 17.7 Å². The second-order valence-electron chi connectivity index (χ2n) is 6.40. The lowest BCUT2D eigenvalue weighted by Gasteiger charge is -2.16. The molecule has 1 atom stereocenters. The lowest BCUT2D eigenvalue weighted by atomic mass is 10.2. The van der Waals surface area contributed by atoms with Gasteiger partial charge < -0.3 is 20.3 Å². The van der Waals surface area contributed by atoms with E-state index in [-0.39, 0.29) is 18.4 Å². The van der Waals surface area contributed by atoms with Crippen LogP contribution in [0.5, 0.6) is 11.5 Å². The predicted octanol–water partition coefficient (Wildman–Crippen LogP) is 1.77. The first-order valence-electron chi connectivity index (χ1n) is 9.24. The van der Waals surface area contributed by atoms with E-state index in [1.54, 1.807) is 12.1 Å². The standard InChI is InChI=1S/C21H27N3O3/c1-4-22-20(25)14-24(5-2)15-21(26)23-17-8-12-19(13-9-17)27-18-10-6-16(3)7-11-18/h6-13H,4-5,14-15H2,1-3H3,(H,22,25)(H,23,26)/p+1. The molecule has 2 amide bonds. The third kappa shape index (κ3) is 7.11. The van der Waals surface area contributed by atoms with Crippen molar-refractivity contribution >= 4 is 17.5 Å². The predicted molar refractivity (Wildman–Crippen MR) is 106 cm³/mol. The van der Waals surface area contributed by atoms with Gasteiger partial charge in [0.05, 0.1) is 6.54 Å². The van der Waals surface area contributed by atoms with Crippen LogP contribution in [0.3, 0.4) is 0 Å². The molecule has 0 saturated heterocycles. The molecule has 27 heavy (non-hydrogen) atoms. The molecule has 0 aliphatic heterocycles. The number of aryl methyl sites for hydroxylation is 1. The molecule has 6 heteroatoms. The van der Waals surface area contributed by atoms with E-state index in [4.69, 9.17) is 4.74 Å². The number of likely N-dealkylation sites (N-methyl/N-ethyl adjacent to an activating group) is 2. The zero-order valence-corrected chi connectivity index (χ0v) is 16.2. The number of benzene rings is 2. The topological polar surface area (TPSA) is 71.9 Å². The van der Waals surface area contributed by atoms with E-state index in [0.29, 0.717) is 31.1 Å². The third-order valence-corrected chi connectivity index (χ3v) is 4.09. The van der Waals surface area contributed by atoms with Crippen molar-refractivity contribution in [1.29, 1.82) is 0 Å². The molecule has 0 radical (unpaired) electrons. The fraction of sp³-hybridized carbons (Fsp3) is 0.333. The van der Waals surface area contributed by atoms with E-state index in [2.05, 4.69) is 10.6 Å². The van der Waals surface area contributed by atoms with Gasteiger partial charge in [0.1, 0.15) is 11.5 Å². The number of nitrogens with one attached hydrogen (secondary N) is 3. The van der Waals surface area contributed by atoms with Crippen molar-refractivity contribution in [2.75, 3.05) is 31.5 Å². The summed E-state index contributed by atoms with van der Waals surface area (Å²) in [6.45, 7) is 7.70. The Bertz CT molecular complexity index is 742. The fourth-order valence-electron chi connectivity index (χ4n) is 2.58. The summed E-state index contributed by atoms with van der Waals surface area (Å²) in [7, 11) is 0. The average Bonchev–Trinajstić information content (AvgIpc) is 2.65. The summed E-state index contributed by atoms with van der Waals surface area (Å²) in [5, 5.41) is 5.62. The molecule has 3 N–H and O–H groups in total. The van der Waals surface area contributed by atoms with E-state index in [1.807, 2.05) is 57.2 Å². The molecule has 0 heterocycles. The summed E-state index contributed by atoms with van der Waals surface area (Å²) in [4.78, 5) is 24.8. The molecule has 0 saturated carbocycles. The molecule has 0 aromatic heterocycles. The van der Waals surface area contributed by atoms with Crippen LogP contribution in [0.4, 0.5) is 5.69 Å². The Labute approximate surface area is 160 Å². The highest BCUT2D eigenvalue weighted by Crippen LogP contribution is 2.23. The highest BCUT2D eigenvalue weighted by Gasteiger charge is 2.16. The van der Waals surface area contributed by atoms with Crippen LogP contribution in [0.2, 0.25) is 0 Å². The van der Waals surface area contributed by atoms with Crippen LogP contribution in [0.15, 0.2) is 48.5 Å². The minimum absolute atomic E-state index is 0.0419. The van der Waals surface area contributed by atoms with Gasteiger partial charge in [-0.25, -0.2) is 0 Å². The van der Waals surface area contributed by atoms with E-state index < -0.39 is 0 Å². The van der Waals surface area contributed by atoms with Gasteiger partial charge in [0.25, 0.3) is 11.8 Å². The highest BCUT2D eigenvalue weighted by molar-refractivity contribution is 5.91. The third-order valence-electron chi connectivity index (χ3n) is 4.09. The molecule has 144 valence electrons. The van der Waals surface area contributed by atoms with Crippen LogP contribution in [-0.2, 0) is 9.59 Å². The number of ether oxygens (including phenoxy) is 1. The van der Waals surface area contributed by atoms with Crippen LogP contribution in [0, 0.1) is 6.92 Å². The lowest BCUT2D eigenvalue weighted by molar-refractivity contribution is -0.881. The van der Waals surface area contributed by atoms with Crippen LogP contribution < -0.4 is 20.3 Å². The molecular weight excluding hydrogens is 342 g/mol. The number of rotatable bonds is 9. The lowest BCUT2D eigenvalue weighted by Crippen LogP contribution is -3.14. The first-order valence-corrected chi connectivity index (χ1v) is 9.24. The first-order chi connectivity index (χ1) is 13.0. The van der Waals surface area contributed by atoms with Gasteiger partial charge in [0, 0.05) is 12.2 Å². The van der Waals surface area contributed by atoms with E-state index >= 15 is 0 Å². The number of amides is 2. The molecule has 2 aromatic rings. The van der Waals surface area contributed by atoms with Crippen molar-refractivity contribution in [3.63, 3.8) is 0 Å². The highest BCUT2D eigenvalue weighted by atomic mass is 16.5. The van der Waals surface area contributed by atoms with Crippen molar-refractivity contribution < 1.29 is 19.2 Å². The molecule has 0 fully saturated rings.